The summed E-state index contributed by atoms with van der Waals surface area (Å²) in [4.78, 5) is 2.26. The number of halogens is 2. The predicted molar refractivity (Wildman–Crippen MR) is 101 cm³/mol. The largest absolute Gasteiger partial charge is 0.486 e. The van der Waals surface area contributed by atoms with Crippen LogP contribution in [0.5, 0.6) is 11.5 Å². The lowest BCUT2D eigenvalue weighted by Gasteiger charge is -2.22. The van der Waals surface area contributed by atoms with Crippen molar-refractivity contribution in [3.8, 4) is 11.5 Å². The maximum Gasteiger partial charge on any atom is 0.179 e. The molecule has 0 saturated carbocycles. The molecule has 0 unspecified atom stereocenters. The number of ether oxygens (including phenoxy) is 2. The van der Waals surface area contributed by atoms with Crippen molar-refractivity contribution < 1.29 is 13.9 Å². The van der Waals surface area contributed by atoms with E-state index in [0.717, 1.165) is 29.9 Å². The summed E-state index contributed by atoms with van der Waals surface area (Å²) in [5, 5.41) is 3.88. The average Bonchev–Trinajstić information content (AvgIpc) is 3.18. The summed E-state index contributed by atoms with van der Waals surface area (Å²) in [5.41, 5.74) is 2.70. The minimum Gasteiger partial charge on any atom is -0.486 e. The predicted octanol–water partition coefficient (Wildman–Crippen LogP) is 4.14. The Morgan fingerprint density at radius 1 is 1.08 bits per heavy atom. The molecule has 138 valence electrons. The van der Waals surface area contributed by atoms with E-state index in [1.54, 1.807) is 6.07 Å². The highest BCUT2D eigenvalue weighted by Crippen LogP contribution is 2.38. The Morgan fingerprint density at radius 3 is 2.73 bits per heavy atom. The van der Waals surface area contributed by atoms with Gasteiger partial charge in [0, 0.05) is 37.4 Å². The van der Waals surface area contributed by atoms with Gasteiger partial charge in [0.1, 0.15) is 19.0 Å². The Bertz CT molecular complexity index is 794. The lowest BCUT2D eigenvalue weighted by atomic mass is 10.1. The Labute approximate surface area is 157 Å². The van der Waals surface area contributed by atoms with E-state index in [-0.39, 0.29) is 5.82 Å². The molecule has 0 aliphatic carbocycles. The number of anilines is 1. The van der Waals surface area contributed by atoms with Crippen LogP contribution in [0.3, 0.4) is 0 Å². The van der Waals surface area contributed by atoms with Gasteiger partial charge >= 0.3 is 0 Å². The van der Waals surface area contributed by atoms with Crippen molar-refractivity contribution in [3.05, 3.63) is 52.3 Å². The first-order valence-corrected chi connectivity index (χ1v) is 9.41. The molecule has 0 aromatic heterocycles. The van der Waals surface area contributed by atoms with Gasteiger partial charge in [0.25, 0.3) is 0 Å². The molecule has 4 nitrogen and oxygen atoms in total. The molecule has 2 heterocycles. The first-order valence-electron chi connectivity index (χ1n) is 9.03. The van der Waals surface area contributed by atoms with Crippen LogP contribution < -0.4 is 19.7 Å². The van der Waals surface area contributed by atoms with Crippen LogP contribution >= 0.6 is 11.6 Å². The Kier molecular flexibility index (Phi) is 5.18. The van der Waals surface area contributed by atoms with Gasteiger partial charge in [0.05, 0.1) is 5.02 Å². The van der Waals surface area contributed by atoms with Gasteiger partial charge in [-0.25, -0.2) is 4.39 Å². The van der Waals surface area contributed by atoms with E-state index >= 15 is 0 Å². The normalized spacial score (nSPS) is 16.2. The standard InChI is InChI=1S/C20H22ClFN2O2/c21-16-10-14(11-19-20(16)26-9-8-25-19)12-23-13-15-17(22)4-3-5-18(15)24-6-1-2-7-24/h3-5,10-11,23H,1-2,6-9,12-13H2. The van der Waals surface area contributed by atoms with E-state index in [4.69, 9.17) is 21.1 Å². The third kappa shape index (κ3) is 3.60. The van der Waals surface area contributed by atoms with E-state index in [1.165, 1.54) is 18.9 Å². The van der Waals surface area contributed by atoms with Crippen molar-refractivity contribution in [2.24, 2.45) is 0 Å². The second-order valence-electron chi connectivity index (χ2n) is 6.64. The van der Waals surface area contributed by atoms with Crippen LogP contribution in [0.1, 0.15) is 24.0 Å². The molecule has 0 radical (unpaired) electrons. The Balaban J connectivity index is 1.46. The van der Waals surface area contributed by atoms with Crippen molar-refractivity contribution in [1.29, 1.82) is 0 Å². The van der Waals surface area contributed by atoms with Gasteiger partial charge in [-0.1, -0.05) is 17.7 Å². The number of rotatable bonds is 5. The molecule has 0 bridgehead atoms. The molecule has 4 rings (SSSR count). The molecule has 0 spiro atoms. The summed E-state index contributed by atoms with van der Waals surface area (Å²) in [6, 6.07) is 9.11. The van der Waals surface area contributed by atoms with E-state index in [2.05, 4.69) is 10.2 Å². The minimum absolute atomic E-state index is 0.165. The number of hydrogen-bond donors (Lipinski definition) is 1. The van der Waals surface area contributed by atoms with Gasteiger partial charge in [0.15, 0.2) is 11.5 Å². The van der Waals surface area contributed by atoms with Crippen molar-refractivity contribution >= 4 is 17.3 Å². The molecule has 26 heavy (non-hydrogen) atoms. The molecule has 1 fully saturated rings. The zero-order valence-electron chi connectivity index (χ0n) is 14.6. The maximum atomic E-state index is 14.4. The zero-order valence-corrected chi connectivity index (χ0v) is 15.3. The summed E-state index contributed by atoms with van der Waals surface area (Å²) < 4.78 is 25.5. The number of benzene rings is 2. The summed E-state index contributed by atoms with van der Waals surface area (Å²) in [6.45, 7) is 4.06. The average molecular weight is 377 g/mol. The molecule has 0 amide bonds. The maximum absolute atomic E-state index is 14.4. The van der Waals surface area contributed by atoms with Crippen molar-refractivity contribution in [1.82, 2.24) is 5.32 Å². The van der Waals surface area contributed by atoms with E-state index in [1.807, 2.05) is 18.2 Å². The first-order chi connectivity index (χ1) is 12.7. The highest BCUT2D eigenvalue weighted by Gasteiger charge is 2.19. The van der Waals surface area contributed by atoms with Crippen LogP contribution in [0.25, 0.3) is 0 Å². The minimum atomic E-state index is -0.165. The number of hydrogen-bond acceptors (Lipinski definition) is 4. The van der Waals surface area contributed by atoms with Crippen LogP contribution in [-0.2, 0) is 13.1 Å². The molecular weight excluding hydrogens is 355 g/mol. The summed E-state index contributed by atoms with van der Waals surface area (Å²) in [6.07, 6.45) is 2.33. The fourth-order valence-electron chi connectivity index (χ4n) is 3.57. The molecule has 0 atom stereocenters. The van der Waals surface area contributed by atoms with Crippen LogP contribution in [0.4, 0.5) is 10.1 Å². The van der Waals surface area contributed by atoms with Crippen molar-refractivity contribution in [2.75, 3.05) is 31.2 Å². The third-order valence-electron chi connectivity index (χ3n) is 4.83. The quantitative estimate of drug-likeness (QED) is 0.850. The molecular formula is C20H22ClFN2O2. The SMILES string of the molecule is Fc1cccc(N2CCCC2)c1CNCc1cc(Cl)c2c(c1)OCCO2. The second kappa shape index (κ2) is 7.72. The van der Waals surface area contributed by atoms with Gasteiger partial charge < -0.3 is 19.7 Å². The number of nitrogens with zero attached hydrogens (tertiary/aromatic N) is 1. The molecule has 6 heteroatoms. The molecule has 2 aliphatic heterocycles. The highest BCUT2D eigenvalue weighted by atomic mass is 35.5. The first kappa shape index (κ1) is 17.4. The van der Waals surface area contributed by atoms with E-state index < -0.39 is 0 Å². The number of nitrogens with one attached hydrogen (secondary N) is 1. The van der Waals surface area contributed by atoms with Gasteiger partial charge in [-0.2, -0.15) is 0 Å². The Morgan fingerprint density at radius 2 is 1.88 bits per heavy atom. The van der Waals surface area contributed by atoms with Crippen molar-refractivity contribution in [3.63, 3.8) is 0 Å². The Hall–Kier alpha value is -1.98. The number of fused-ring (bicyclic) bond motifs is 1. The van der Waals surface area contributed by atoms with Crippen LogP contribution in [0, 0.1) is 5.82 Å². The summed E-state index contributed by atoms with van der Waals surface area (Å²) >= 11 is 6.28. The topological polar surface area (TPSA) is 33.7 Å². The highest BCUT2D eigenvalue weighted by molar-refractivity contribution is 6.32. The molecule has 1 saturated heterocycles. The lowest BCUT2D eigenvalue weighted by molar-refractivity contribution is 0.171. The third-order valence-corrected chi connectivity index (χ3v) is 5.11. The van der Waals surface area contributed by atoms with Gasteiger partial charge in [-0.15, -0.1) is 0 Å². The van der Waals surface area contributed by atoms with Crippen molar-refractivity contribution in [2.45, 2.75) is 25.9 Å². The fraction of sp³-hybridized carbons (Fsp3) is 0.400. The van der Waals surface area contributed by atoms with Crippen LogP contribution in [0.2, 0.25) is 5.02 Å². The molecule has 2 aromatic rings. The molecule has 2 aromatic carbocycles. The van der Waals surface area contributed by atoms with Crippen LogP contribution in [-0.4, -0.2) is 26.3 Å². The smallest absolute Gasteiger partial charge is 0.179 e. The van der Waals surface area contributed by atoms with E-state index in [0.29, 0.717) is 42.8 Å². The van der Waals surface area contributed by atoms with Gasteiger partial charge in [-0.3, -0.25) is 0 Å². The second-order valence-corrected chi connectivity index (χ2v) is 7.04. The fourth-order valence-corrected chi connectivity index (χ4v) is 3.86. The summed E-state index contributed by atoms with van der Waals surface area (Å²) in [7, 11) is 0. The summed E-state index contributed by atoms with van der Waals surface area (Å²) in [5.74, 6) is 1.11. The van der Waals surface area contributed by atoms with E-state index in [9.17, 15) is 4.39 Å². The van der Waals surface area contributed by atoms with Crippen LogP contribution in [0.15, 0.2) is 30.3 Å². The molecule has 1 N–H and O–H groups in total. The molecule has 2 aliphatic rings. The lowest BCUT2D eigenvalue weighted by Crippen LogP contribution is -2.22. The monoisotopic (exact) mass is 376 g/mol. The zero-order chi connectivity index (χ0) is 17.9. The van der Waals surface area contributed by atoms with Gasteiger partial charge in [-0.05, 0) is 42.7 Å². The van der Waals surface area contributed by atoms with Gasteiger partial charge in [0.2, 0.25) is 0 Å².